The Morgan fingerprint density at radius 2 is 1.00 bits per heavy atom. The van der Waals surface area contributed by atoms with Crippen LogP contribution in [0.3, 0.4) is 0 Å². The smallest absolute Gasteiger partial charge is 0.333 e. The Hall–Kier alpha value is -4.52. The van der Waals surface area contributed by atoms with E-state index in [2.05, 4.69) is 30.3 Å². The van der Waals surface area contributed by atoms with E-state index in [-0.39, 0.29) is 17.7 Å². The van der Waals surface area contributed by atoms with Crippen LogP contribution in [0.15, 0.2) is 115 Å². The molecular formula is C35H21F6N. The molecule has 3 aliphatic rings. The Morgan fingerprint density at radius 3 is 1.57 bits per heavy atom. The number of alkyl halides is 6. The number of fused-ring (bicyclic) bond motifs is 12. The van der Waals surface area contributed by atoms with E-state index >= 15 is 0 Å². The predicted molar refractivity (Wildman–Crippen MR) is 149 cm³/mol. The first-order valence-electron chi connectivity index (χ1n) is 13.6. The lowest BCUT2D eigenvalue weighted by molar-refractivity contribution is -0.143. The van der Waals surface area contributed by atoms with Gasteiger partial charge in [-0.15, -0.1) is 0 Å². The number of hydrogen-bond donors (Lipinski definition) is 0. The third-order valence-electron chi connectivity index (χ3n) is 9.14. The fraction of sp³-hybridized carbons (Fsp3) is 0.143. The Morgan fingerprint density at radius 1 is 0.524 bits per heavy atom. The zero-order chi connectivity index (χ0) is 29.0. The van der Waals surface area contributed by atoms with E-state index in [1.165, 1.54) is 0 Å². The molecule has 0 saturated carbocycles. The number of anilines is 2. The van der Waals surface area contributed by atoms with Gasteiger partial charge in [0.05, 0.1) is 22.6 Å². The van der Waals surface area contributed by atoms with Gasteiger partial charge >= 0.3 is 12.4 Å². The zero-order valence-corrected chi connectivity index (χ0v) is 21.8. The lowest BCUT2D eigenvalue weighted by Gasteiger charge is -2.35. The predicted octanol–water partition coefficient (Wildman–Crippen LogP) is 10.0. The van der Waals surface area contributed by atoms with Crippen molar-refractivity contribution in [3.05, 3.63) is 154 Å². The second kappa shape index (κ2) is 8.28. The molecule has 5 aromatic rings. The van der Waals surface area contributed by atoms with Crippen molar-refractivity contribution in [2.75, 3.05) is 4.90 Å². The summed E-state index contributed by atoms with van der Waals surface area (Å²) in [6.45, 7) is 0. The first-order valence-corrected chi connectivity index (χ1v) is 13.6. The van der Waals surface area contributed by atoms with Crippen molar-refractivity contribution in [3.63, 3.8) is 0 Å². The van der Waals surface area contributed by atoms with Gasteiger partial charge in [0, 0.05) is 17.3 Å². The molecule has 0 fully saturated rings. The number of halogens is 6. The molecule has 0 bridgehead atoms. The van der Waals surface area contributed by atoms with Crippen LogP contribution >= 0.6 is 0 Å². The van der Waals surface area contributed by atoms with Crippen LogP contribution in [-0.2, 0) is 17.8 Å². The van der Waals surface area contributed by atoms with Gasteiger partial charge in [0.2, 0.25) is 0 Å². The second-order valence-electron chi connectivity index (χ2n) is 11.1. The van der Waals surface area contributed by atoms with Crippen molar-refractivity contribution < 1.29 is 26.3 Å². The average Bonchev–Trinajstić information content (AvgIpc) is 3.58. The topological polar surface area (TPSA) is 3.24 Å². The summed E-state index contributed by atoms with van der Waals surface area (Å²) in [6, 6.07) is 32.9. The summed E-state index contributed by atoms with van der Waals surface area (Å²) in [7, 11) is 0. The molecule has 1 spiro atoms. The van der Waals surface area contributed by atoms with Crippen molar-refractivity contribution in [3.8, 4) is 11.1 Å². The second-order valence-corrected chi connectivity index (χ2v) is 11.1. The third-order valence-corrected chi connectivity index (χ3v) is 9.14. The van der Waals surface area contributed by atoms with Gasteiger partial charge in [-0.2, -0.15) is 26.3 Å². The van der Waals surface area contributed by atoms with Gasteiger partial charge in [-0.25, -0.2) is 0 Å². The number of hydrogen-bond acceptors (Lipinski definition) is 1. The van der Waals surface area contributed by atoms with Crippen LogP contribution in [-0.4, -0.2) is 0 Å². The normalized spacial score (nSPS) is 19.3. The monoisotopic (exact) mass is 569 g/mol. The maximum absolute atomic E-state index is 14.0. The standard InChI is InChI=1S/C35H21F6N/c36-34(37,38)20-17-21(35(39,40)41)19-22(18-20)42-30-16-8-4-12-26(30)31-32(42)25-11-3-7-15-29(25)33(31)27-13-5-1-9-23(27)24-10-2-6-14-28(24)33/h1-19,31-32H. The average molecular weight is 570 g/mol. The van der Waals surface area contributed by atoms with E-state index in [9.17, 15) is 26.3 Å². The van der Waals surface area contributed by atoms with E-state index in [1.54, 1.807) is 17.0 Å². The van der Waals surface area contributed by atoms with E-state index < -0.39 is 34.9 Å². The van der Waals surface area contributed by atoms with Crippen molar-refractivity contribution in [2.24, 2.45) is 0 Å². The summed E-state index contributed by atoms with van der Waals surface area (Å²) in [5.41, 5.74) is 4.25. The van der Waals surface area contributed by atoms with Crippen LogP contribution in [0, 0.1) is 0 Å². The van der Waals surface area contributed by atoms with Crippen molar-refractivity contribution in [2.45, 2.75) is 29.7 Å². The third kappa shape index (κ3) is 3.16. The molecule has 0 radical (unpaired) electrons. The highest BCUT2D eigenvalue weighted by Gasteiger charge is 2.63. The molecule has 2 unspecified atom stereocenters. The Kier molecular flexibility index (Phi) is 4.97. The van der Waals surface area contributed by atoms with Gasteiger partial charge in [0.25, 0.3) is 0 Å². The van der Waals surface area contributed by atoms with Crippen LogP contribution in [0.25, 0.3) is 11.1 Å². The molecule has 0 amide bonds. The molecule has 2 atom stereocenters. The maximum atomic E-state index is 14.0. The largest absolute Gasteiger partial charge is 0.416 e. The molecule has 0 N–H and O–H groups in total. The molecule has 1 nitrogen and oxygen atoms in total. The number of benzene rings is 5. The molecule has 0 aromatic heterocycles. The van der Waals surface area contributed by atoms with Crippen molar-refractivity contribution >= 4 is 11.4 Å². The Bertz CT molecular complexity index is 1830. The van der Waals surface area contributed by atoms with Gasteiger partial charge in [0.15, 0.2) is 0 Å². The van der Waals surface area contributed by atoms with Gasteiger partial charge in [-0.1, -0.05) is 91.0 Å². The molecule has 7 heteroatoms. The summed E-state index contributed by atoms with van der Waals surface area (Å²) in [5, 5.41) is 0. The lowest BCUT2D eigenvalue weighted by atomic mass is 9.65. The highest BCUT2D eigenvalue weighted by molar-refractivity contribution is 5.89. The molecule has 1 aliphatic heterocycles. The quantitative estimate of drug-likeness (QED) is 0.182. The molecule has 5 aromatic carbocycles. The summed E-state index contributed by atoms with van der Waals surface area (Å²) < 4.78 is 84.1. The van der Waals surface area contributed by atoms with Gasteiger partial charge in [-0.05, 0) is 63.2 Å². The summed E-state index contributed by atoms with van der Waals surface area (Å²) in [4.78, 5) is 1.70. The Balaban J connectivity index is 1.46. The SMILES string of the molecule is FC(F)(F)c1cc(N2c3ccccc3C3C2c2ccccc2C32c3ccccc3-c3ccccc32)cc(C(F)(F)F)c1. The van der Waals surface area contributed by atoms with E-state index in [4.69, 9.17) is 0 Å². The van der Waals surface area contributed by atoms with Gasteiger partial charge < -0.3 is 4.90 Å². The van der Waals surface area contributed by atoms with Crippen LogP contribution < -0.4 is 4.90 Å². The molecule has 1 heterocycles. The minimum absolute atomic E-state index is 0.136. The molecule has 42 heavy (non-hydrogen) atoms. The lowest BCUT2D eigenvalue weighted by Crippen LogP contribution is -2.32. The minimum atomic E-state index is -4.95. The maximum Gasteiger partial charge on any atom is 0.416 e. The van der Waals surface area contributed by atoms with Crippen molar-refractivity contribution in [1.82, 2.24) is 0 Å². The van der Waals surface area contributed by atoms with E-state index in [1.807, 2.05) is 54.6 Å². The number of nitrogens with zero attached hydrogens (tertiary/aromatic N) is 1. The minimum Gasteiger partial charge on any atom is -0.333 e. The van der Waals surface area contributed by atoms with Crippen molar-refractivity contribution in [1.29, 1.82) is 0 Å². The fourth-order valence-electron chi connectivity index (χ4n) is 7.78. The summed E-state index contributed by atoms with van der Waals surface area (Å²) >= 11 is 0. The van der Waals surface area contributed by atoms with E-state index in [0.29, 0.717) is 5.69 Å². The zero-order valence-electron chi connectivity index (χ0n) is 21.8. The van der Waals surface area contributed by atoms with Gasteiger partial charge in [0.1, 0.15) is 0 Å². The molecular weight excluding hydrogens is 548 g/mol. The van der Waals surface area contributed by atoms with Gasteiger partial charge in [-0.3, -0.25) is 0 Å². The molecule has 2 aliphatic carbocycles. The molecule has 0 saturated heterocycles. The van der Waals surface area contributed by atoms with Crippen LogP contribution in [0.1, 0.15) is 50.9 Å². The highest BCUT2D eigenvalue weighted by Crippen LogP contribution is 2.72. The van der Waals surface area contributed by atoms with E-state index in [0.717, 1.165) is 51.1 Å². The first kappa shape index (κ1) is 25.2. The molecule has 8 rings (SSSR count). The van der Waals surface area contributed by atoms with Crippen LogP contribution in [0.2, 0.25) is 0 Å². The number of rotatable bonds is 1. The Labute approximate surface area is 237 Å². The van der Waals surface area contributed by atoms with Crippen LogP contribution in [0.5, 0.6) is 0 Å². The molecule has 208 valence electrons. The first-order chi connectivity index (χ1) is 20.1. The van der Waals surface area contributed by atoms with Crippen LogP contribution in [0.4, 0.5) is 37.7 Å². The summed E-state index contributed by atoms with van der Waals surface area (Å²) in [6.07, 6.45) is -9.90. The fourth-order valence-corrected chi connectivity index (χ4v) is 7.78. The summed E-state index contributed by atoms with van der Waals surface area (Å²) in [5.74, 6) is -0.306. The highest BCUT2D eigenvalue weighted by atomic mass is 19.4. The number of para-hydroxylation sites is 1.